The topological polar surface area (TPSA) is 46.9 Å². The standard InChI is InChI=1S/C14H17N3O/c1-11(13-6-4-3-5-7-13)16-14(18)12(2)17-9-8-15-10-17/h3-12H,1-2H3,(H,16,18)/t11-,12-/m1/s1. The molecule has 1 N–H and O–H groups in total. The molecule has 0 saturated heterocycles. The number of carbonyl (C=O) groups excluding carboxylic acids is 1. The molecule has 0 aliphatic carbocycles. The number of aromatic nitrogens is 2. The smallest absolute Gasteiger partial charge is 0.243 e. The van der Waals surface area contributed by atoms with E-state index in [4.69, 9.17) is 0 Å². The second-order valence-corrected chi connectivity index (χ2v) is 4.33. The van der Waals surface area contributed by atoms with Crippen LogP contribution in [-0.4, -0.2) is 15.5 Å². The predicted octanol–water partition coefficient (Wildman–Crippen LogP) is 2.32. The first-order chi connectivity index (χ1) is 8.68. The fourth-order valence-electron chi connectivity index (χ4n) is 1.79. The van der Waals surface area contributed by atoms with Crippen molar-refractivity contribution in [3.63, 3.8) is 0 Å². The van der Waals surface area contributed by atoms with Gasteiger partial charge in [-0.25, -0.2) is 4.98 Å². The molecule has 0 saturated carbocycles. The minimum absolute atomic E-state index is 0.00433. The van der Waals surface area contributed by atoms with Crippen LogP contribution < -0.4 is 5.32 Å². The van der Waals surface area contributed by atoms with E-state index in [0.717, 1.165) is 5.56 Å². The third-order valence-corrected chi connectivity index (χ3v) is 3.01. The van der Waals surface area contributed by atoms with E-state index >= 15 is 0 Å². The molecule has 2 rings (SSSR count). The third-order valence-electron chi connectivity index (χ3n) is 3.01. The Bertz CT molecular complexity index is 493. The zero-order chi connectivity index (χ0) is 13.0. The quantitative estimate of drug-likeness (QED) is 0.895. The Morgan fingerprint density at radius 2 is 2.00 bits per heavy atom. The van der Waals surface area contributed by atoms with Gasteiger partial charge in [-0.2, -0.15) is 0 Å². The molecule has 0 radical (unpaired) electrons. The minimum atomic E-state index is -0.251. The fourth-order valence-corrected chi connectivity index (χ4v) is 1.79. The number of hydrogen-bond donors (Lipinski definition) is 1. The van der Waals surface area contributed by atoms with E-state index in [0.29, 0.717) is 0 Å². The van der Waals surface area contributed by atoms with Crippen molar-refractivity contribution >= 4 is 5.91 Å². The number of nitrogens with one attached hydrogen (secondary N) is 1. The lowest BCUT2D eigenvalue weighted by molar-refractivity contribution is -0.124. The van der Waals surface area contributed by atoms with E-state index < -0.39 is 0 Å². The van der Waals surface area contributed by atoms with Crippen LogP contribution in [0.5, 0.6) is 0 Å². The van der Waals surface area contributed by atoms with Crippen LogP contribution >= 0.6 is 0 Å². The van der Waals surface area contributed by atoms with Crippen molar-refractivity contribution in [2.75, 3.05) is 0 Å². The Kier molecular flexibility index (Phi) is 3.77. The van der Waals surface area contributed by atoms with Crippen LogP contribution in [0.4, 0.5) is 0 Å². The van der Waals surface area contributed by atoms with Gasteiger partial charge in [-0.1, -0.05) is 30.3 Å². The molecule has 0 spiro atoms. The summed E-state index contributed by atoms with van der Waals surface area (Å²) in [6.07, 6.45) is 5.11. The van der Waals surface area contributed by atoms with Gasteiger partial charge in [0.2, 0.25) is 5.91 Å². The zero-order valence-electron chi connectivity index (χ0n) is 10.6. The number of carbonyl (C=O) groups is 1. The van der Waals surface area contributed by atoms with Crippen molar-refractivity contribution in [3.8, 4) is 0 Å². The van der Waals surface area contributed by atoms with Gasteiger partial charge in [0.25, 0.3) is 0 Å². The number of benzene rings is 1. The summed E-state index contributed by atoms with van der Waals surface area (Å²) >= 11 is 0. The summed E-state index contributed by atoms with van der Waals surface area (Å²) in [5, 5.41) is 3.00. The Hall–Kier alpha value is -2.10. The van der Waals surface area contributed by atoms with Gasteiger partial charge in [-0.05, 0) is 19.4 Å². The summed E-state index contributed by atoms with van der Waals surface area (Å²) in [5.74, 6) is -0.00986. The molecule has 4 nitrogen and oxygen atoms in total. The van der Waals surface area contributed by atoms with Crippen molar-refractivity contribution < 1.29 is 4.79 Å². The fraction of sp³-hybridized carbons (Fsp3) is 0.286. The molecule has 1 amide bonds. The largest absolute Gasteiger partial charge is 0.348 e. The van der Waals surface area contributed by atoms with E-state index in [1.807, 2.05) is 44.2 Å². The van der Waals surface area contributed by atoms with Gasteiger partial charge in [-0.15, -0.1) is 0 Å². The molecule has 0 aliphatic rings. The maximum absolute atomic E-state index is 12.1. The number of hydrogen-bond acceptors (Lipinski definition) is 2. The lowest BCUT2D eigenvalue weighted by atomic mass is 10.1. The van der Waals surface area contributed by atoms with Crippen LogP contribution in [0.15, 0.2) is 49.1 Å². The summed E-state index contributed by atoms with van der Waals surface area (Å²) in [7, 11) is 0. The van der Waals surface area contributed by atoms with Crippen LogP contribution in [0, 0.1) is 0 Å². The highest BCUT2D eigenvalue weighted by Crippen LogP contribution is 2.13. The Balaban J connectivity index is 1.99. The van der Waals surface area contributed by atoms with Gasteiger partial charge in [0.15, 0.2) is 0 Å². The molecule has 2 aromatic rings. The Labute approximate surface area is 107 Å². The van der Waals surface area contributed by atoms with Gasteiger partial charge in [-0.3, -0.25) is 4.79 Å². The maximum Gasteiger partial charge on any atom is 0.243 e. The number of nitrogens with zero attached hydrogens (tertiary/aromatic N) is 2. The number of amides is 1. The molecule has 0 unspecified atom stereocenters. The molecule has 94 valence electrons. The molecule has 1 heterocycles. The van der Waals surface area contributed by atoms with E-state index in [1.54, 1.807) is 23.3 Å². The monoisotopic (exact) mass is 243 g/mol. The average molecular weight is 243 g/mol. The number of rotatable bonds is 4. The van der Waals surface area contributed by atoms with Gasteiger partial charge in [0, 0.05) is 12.4 Å². The highest BCUT2D eigenvalue weighted by molar-refractivity contribution is 5.80. The van der Waals surface area contributed by atoms with E-state index in [9.17, 15) is 4.79 Å². The zero-order valence-corrected chi connectivity index (χ0v) is 10.6. The van der Waals surface area contributed by atoms with Crippen molar-refractivity contribution in [2.45, 2.75) is 25.9 Å². The van der Waals surface area contributed by atoms with Crippen molar-refractivity contribution in [1.29, 1.82) is 0 Å². The lowest BCUT2D eigenvalue weighted by Crippen LogP contribution is -2.32. The summed E-state index contributed by atoms with van der Waals surface area (Å²) in [6, 6.07) is 9.67. The molecule has 0 bridgehead atoms. The second-order valence-electron chi connectivity index (χ2n) is 4.33. The van der Waals surface area contributed by atoms with E-state index in [-0.39, 0.29) is 18.0 Å². The average Bonchev–Trinajstić information content (AvgIpc) is 2.92. The molecule has 4 heteroatoms. The molecular weight excluding hydrogens is 226 g/mol. The predicted molar refractivity (Wildman–Crippen MR) is 69.9 cm³/mol. The summed E-state index contributed by atoms with van der Waals surface area (Å²) < 4.78 is 1.78. The van der Waals surface area contributed by atoms with Crippen LogP contribution in [0.3, 0.4) is 0 Å². The Morgan fingerprint density at radius 3 is 2.61 bits per heavy atom. The summed E-state index contributed by atoms with van der Waals surface area (Å²) in [5.41, 5.74) is 1.10. The van der Waals surface area contributed by atoms with Gasteiger partial charge < -0.3 is 9.88 Å². The van der Waals surface area contributed by atoms with Crippen LogP contribution in [0.2, 0.25) is 0 Å². The highest BCUT2D eigenvalue weighted by Gasteiger charge is 2.16. The van der Waals surface area contributed by atoms with E-state index in [2.05, 4.69) is 10.3 Å². The van der Waals surface area contributed by atoms with Crippen molar-refractivity contribution in [1.82, 2.24) is 14.9 Å². The molecule has 0 fully saturated rings. The Morgan fingerprint density at radius 1 is 1.28 bits per heavy atom. The van der Waals surface area contributed by atoms with Crippen molar-refractivity contribution in [3.05, 3.63) is 54.6 Å². The molecular formula is C14H17N3O. The molecule has 18 heavy (non-hydrogen) atoms. The normalized spacial score (nSPS) is 13.9. The molecule has 2 atom stereocenters. The van der Waals surface area contributed by atoms with Crippen LogP contribution in [0.1, 0.15) is 31.5 Å². The molecule has 0 aliphatic heterocycles. The van der Waals surface area contributed by atoms with E-state index in [1.165, 1.54) is 0 Å². The number of imidazole rings is 1. The highest BCUT2D eigenvalue weighted by atomic mass is 16.2. The summed E-state index contributed by atoms with van der Waals surface area (Å²) in [4.78, 5) is 16.0. The van der Waals surface area contributed by atoms with Gasteiger partial charge in [0.05, 0.1) is 12.4 Å². The first-order valence-electron chi connectivity index (χ1n) is 6.01. The first kappa shape index (κ1) is 12.4. The maximum atomic E-state index is 12.1. The minimum Gasteiger partial charge on any atom is -0.348 e. The second kappa shape index (κ2) is 5.49. The SMILES string of the molecule is C[C@H](C(=O)N[C@H](C)c1ccccc1)n1ccnc1. The third kappa shape index (κ3) is 2.77. The molecule has 1 aromatic heterocycles. The van der Waals surface area contributed by atoms with Crippen LogP contribution in [-0.2, 0) is 4.79 Å². The first-order valence-corrected chi connectivity index (χ1v) is 6.01. The summed E-state index contributed by atoms with van der Waals surface area (Å²) in [6.45, 7) is 3.84. The van der Waals surface area contributed by atoms with Crippen molar-refractivity contribution in [2.24, 2.45) is 0 Å². The lowest BCUT2D eigenvalue weighted by Gasteiger charge is -2.18. The van der Waals surface area contributed by atoms with Crippen LogP contribution in [0.25, 0.3) is 0 Å². The van der Waals surface area contributed by atoms with Gasteiger partial charge >= 0.3 is 0 Å². The molecule has 1 aromatic carbocycles. The van der Waals surface area contributed by atoms with Gasteiger partial charge in [0.1, 0.15) is 6.04 Å².